The number of rotatable bonds is 5. The third-order valence-electron chi connectivity index (χ3n) is 4.24. The molecule has 0 radical (unpaired) electrons. The summed E-state index contributed by atoms with van der Waals surface area (Å²) in [7, 11) is 3.84. The molecule has 0 saturated carbocycles. The number of aliphatic hydroxyl groups excluding tert-OH is 1. The smallest absolute Gasteiger partial charge is 0.119 e. The SMILES string of the molecule is CCC1CN(CC(O)c2cccc(OC)c2)CCN1C. The second kappa shape index (κ2) is 7.07. The average Bonchev–Trinajstić information content (AvgIpc) is 2.49. The first-order valence-corrected chi connectivity index (χ1v) is 7.38. The minimum Gasteiger partial charge on any atom is -0.497 e. The number of nitrogens with zero attached hydrogens (tertiary/aromatic N) is 2. The number of methoxy groups -OCH3 is 1. The maximum absolute atomic E-state index is 10.4. The van der Waals surface area contributed by atoms with E-state index < -0.39 is 6.10 Å². The molecule has 20 heavy (non-hydrogen) atoms. The lowest BCUT2D eigenvalue weighted by molar-refractivity contribution is 0.0502. The minimum absolute atomic E-state index is 0.453. The zero-order valence-corrected chi connectivity index (χ0v) is 12.7. The Morgan fingerprint density at radius 3 is 2.90 bits per heavy atom. The van der Waals surface area contributed by atoms with Gasteiger partial charge in [0.25, 0.3) is 0 Å². The van der Waals surface area contributed by atoms with Gasteiger partial charge in [0.05, 0.1) is 13.2 Å². The van der Waals surface area contributed by atoms with Crippen LogP contribution in [0.2, 0.25) is 0 Å². The van der Waals surface area contributed by atoms with Gasteiger partial charge < -0.3 is 14.7 Å². The number of benzene rings is 1. The third-order valence-corrected chi connectivity index (χ3v) is 4.24. The standard InChI is InChI=1S/C16H26N2O2/c1-4-14-11-18(9-8-17(14)2)12-16(19)13-6-5-7-15(10-13)20-3/h5-7,10,14,16,19H,4,8-9,11-12H2,1-3H3. The van der Waals surface area contributed by atoms with E-state index in [4.69, 9.17) is 4.74 Å². The number of β-amino-alcohol motifs (C(OH)–C–C–N with tert-alkyl or cyclic N) is 1. The van der Waals surface area contributed by atoms with Crippen LogP contribution in [0.5, 0.6) is 5.75 Å². The molecule has 1 N–H and O–H groups in total. The van der Waals surface area contributed by atoms with Gasteiger partial charge in [-0.2, -0.15) is 0 Å². The normalized spacial score (nSPS) is 22.7. The molecule has 1 aromatic rings. The molecule has 0 amide bonds. The van der Waals surface area contributed by atoms with E-state index >= 15 is 0 Å². The molecule has 1 fully saturated rings. The first-order chi connectivity index (χ1) is 9.63. The maximum Gasteiger partial charge on any atom is 0.119 e. The Morgan fingerprint density at radius 1 is 1.40 bits per heavy atom. The van der Waals surface area contributed by atoms with E-state index in [0.29, 0.717) is 12.6 Å². The van der Waals surface area contributed by atoms with Crippen molar-refractivity contribution in [2.45, 2.75) is 25.5 Å². The lowest BCUT2D eigenvalue weighted by Gasteiger charge is -2.39. The van der Waals surface area contributed by atoms with Crippen LogP contribution < -0.4 is 4.74 Å². The summed E-state index contributed by atoms with van der Waals surface area (Å²) in [5.74, 6) is 0.798. The fourth-order valence-corrected chi connectivity index (χ4v) is 2.82. The Balaban J connectivity index is 1.95. The van der Waals surface area contributed by atoms with E-state index in [9.17, 15) is 5.11 Å². The maximum atomic E-state index is 10.4. The molecule has 2 unspecified atom stereocenters. The highest BCUT2D eigenvalue weighted by molar-refractivity contribution is 5.29. The highest BCUT2D eigenvalue weighted by atomic mass is 16.5. The summed E-state index contributed by atoms with van der Waals surface area (Å²) in [5.41, 5.74) is 0.927. The molecule has 2 atom stereocenters. The monoisotopic (exact) mass is 278 g/mol. The second-order valence-corrected chi connectivity index (χ2v) is 5.59. The molecular formula is C16H26N2O2. The van der Waals surface area contributed by atoms with Crippen molar-refractivity contribution in [3.05, 3.63) is 29.8 Å². The van der Waals surface area contributed by atoms with Gasteiger partial charge in [0.2, 0.25) is 0 Å². The number of hydrogen-bond acceptors (Lipinski definition) is 4. The topological polar surface area (TPSA) is 35.9 Å². The van der Waals surface area contributed by atoms with E-state index in [2.05, 4.69) is 23.8 Å². The van der Waals surface area contributed by atoms with Crippen molar-refractivity contribution in [2.75, 3.05) is 40.3 Å². The second-order valence-electron chi connectivity index (χ2n) is 5.59. The van der Waals surface area contributed by atoms with Crippen molar-refractivity contribution in [3.8, 4) is 5.75 Å². The highest BCUT2D eigenvalue weighted by Gasteiger charge is 2.24. The Hall–Kier alpha value is -1.10. The van der Waals surface area contributed by atoms with Crippen molar-refractivity contribution in [2.24, 2.45) is 0 Å². The fourth-order valence-electron chi connectivity index (χ4n) is 2.82. The van der Waals surface area contributed by atoms with Crippen LogP contribution in [-0.4, -0.2) is 61.3 Å². The van der Waals surface area contributed by atoms with Crippen molar-refractivity contribution < 1.29 is 9.84 Å². The lowest BCUT2D eigenvalue weighted by Crippen LogP contribution is -2.51. The van der Waals surface area contributed by atoms with Gasteiger partial charge in [-0.15, -0.1) is 0 Å². The van der Waals surface area contributed by atoms with Gasteiger partial charge in [-0.1, -0.05) is 19.1 Å². The van der Waals surface area contributed by atoms with Gasteiger partial charge >= 0.3 is 0 Å². The van der Waals surface area contributed by atoms with Crippen molar-refractivity contribution >= 4 is 0 Å². The summed E-state index contributed by atoms with van der Waals surface area (Å²) >= 11 is 0. The van der Waals surface area contributed by atoms with Crippen LogP contribution in [0.15, 0.2) is 24.3 Å². The Bertz CT molecular complexity index is 425. The average molecular weight is 278 g/mol. The van der Waals surface area contributed by atoms with E-state index in [1.807, 2.05) is 24.3 Å². The molecule has 1 aromatic carbocycles. The Morgan fingerprint density at radius 2 is 2.20 bits per heavy atom. The van der Waals surface area contributed by atoms with Gasteiger partial charge in [0.1, 0.15) is 5.75 Å². The predicted molar refractivity (Wildman–Crippen MR) is 81.1 cm³/mol. The van der Waals surface area contributed by atoms with Crippen LogP contribution in [0.25, 0.3) is 0 Å². The lowest BCUT2D eigenvalue weighted by atomic mass is 10.1. The molecule has 0 aromatic heterocycles. The van der Waals surface area contributed by atoms with E-state index in [-0.39, 0.29) is 0 Å². The van der Waals surface area contributed by atoms with Gasteiger partial charge in [0.15, 0.2) is 0 Å². The van der Waals surface area contributed by atoms with Crippen molar-refractivity contribution in [1.29, 1.82) is 0 Å². The third kappa shape index (κ3) is 3.72. The number of ether oxygens (including phenoxy) is 1. The van der Waals surface area contributed by atoms with Gasteiger partial charge in [-0.3, -0.25) is 4.90 Å². The highest BCUT2D eigenvalue weighted by Crippen LogP contribution is 2.21. The van der Waals surface area contributed by atoms with E-state index in [1.165, 1.54) is 0 Å². The van der Waals surface area contributed by atoms with Crippen LogP contribution in [0.4, 0.5) is 0 Å². The number of hydrogen-bond donors (Lipinski definition) is 1. The van der Waals surface area contributed by atoms with Gasteiger partial charge in [-0.05, 0) is 31.2 Å². The van der Waals surface area contributed by atoms with Crippen molar-refractivity contribution in [1.82, 2.24) is 9.80 Å². The Kier molecular flexibility index (Phi) is 5.40. The molecule has 1 heterocycles. The summed E-state index contributed by atoms with van der Waals surface area (Å²) in [4.78, 5) is 4.77. The summed E-state index contributed by atoms with van der Waals surface area (Å²) in [5, 5.41) is 10.4. The van der Waals surface area contributed by atoms with E-state index in [1.54, 1.807) is 7.11 Å². The molecular weight excluding hydrogens is 252 g/mol. The quantitative estimate of drug-likeness (QED) is 0.890. The summed E-state index contributed by atoms with van der Waals surface area (Å²) < 4.78 is 5.21. The summed E-state index contributed by atoms with van der Waals surface area (Å²) in [6.07, 6.45) is 0.702. The first-order valence-electron chi connectivity index (χ1n) is 7.38. The molecule has 112 valence electrons. The molecule has 4 nitrogen and oxygen atoms in total. The largest absolute Gasteiger partial charge is 0.497 e. The number of likely N-dealkylation sites (N-methyl/N-ethyl adjacent to an activating group) is 1. The van der Waals surface area contributed by atoms with Crippen LogP contribution in [-0.2, 0) is 0 Å². The molecule has 0 spiro atoms. The minimum atomic E-state index is -0.453. The van der Waals surface area contributed by atoms with Crippen LogP contribution in [0.1, 0.15) is 25.0 Å². The molecule has 0 bridgehead atoms. The van der Waals surface area contributed by atoms with E-state index in [0.717, 1.165) is 37.4 Å². The fraction of sp³-hybridized carbons (Fsp3) is 0.625. The Labute approximate surface area is 122 Å². The first kappa shape index (κ1) is 15.3. The summed E-state index contributed by atoms with van der Waals surface area (Å²) in [6.45, 7) is 6.05. The van der Waals surface area contributed by atoms with Crippen LogP contribution in [0.3, 0.4) is 0 Å². The summed E-state index contributed by atoms with van der Waals surface area (Å²) in [6, 6.07) is 8.30. The zero-order valence-electron chi connectivity index (χ0n) is 12.7. The number of aliphatic hydroxyl groups is 1. The molecule has 2 rings (SSSR count). The van der Waals surface area contributed by atoms with Gasteiger partial charge in [0, 0.05) is 32.2 Å². The van der Waals surface area contributed by atoms with Crippen LogP contribution in [0, 0.1) is 0 Å². The molecule has 1 aliphatic heterocycles. The molecule has 1 aliphatic rings. The van der Waals surface area contributed by atoms with Gasteiger partial charge in [-0.25, -0.2) is 0 Å². The predicted octanol–water partition coefficient (Wildman–Crippen LogP) is 1.75. The molecule has 1 saturated heterocycles. The van der Waals surface area contributed by atoms with Crippen molar-refractivity contribution in [3.63, 3.8) is 0 Å². The molecule has 0 aliphatic carbocycles. The molecule has 4 heteroatoms. The zero-order chi connectivity index (χ0) is 14.5. The number of piperazine rings is 1. The van der Waals surface area contributed by atoms with Crippen LogP contribution >= 0.6 is 0 Å².